The molecule has 3 heterocycles. The molecule has 0 saturated carbocycles. The molecule has 10 nitrogen and oxygen atoms in total. The van der Waals surface area contributed by atoms with Crippen LogP contribution in [-0.4, -0.2) is 51.7 Å². The molecular formula is C27H31N5O5. The molecule has 37 heavy (non-hydrogen) atoms. The Morgan fingerprint density at radius 2 is 1.76 bits per heavy atom. The van der Waals surface area contributed by atoms with Crippen molar-refractivity contribution in [2.45, 2.75) is 39.3 Å². The number of non-ortho nitro benzene ring substituents is 1. The maximum absolute atomic E-state index is 11.3. The van der Waals surface area contributed by atoms with Gasteiger partial charge in [-0.25, -0.2) is 0 Å². The minimum absolute atomic E-state index is 0.0512. The number of rotatable bonds is 10. The fourth-order valence-electron chi connectivity index (χ4n) is 4.81. The highest BCUT2D eigenvalue weighted by atomic mass is 16.6. The van der Waals surface area contributed by atoms with E-state index < -0.39 is 4.92 Å². The van der Waals surface area contributed by atoms with E-state index in [0.717, 1.165) is 55.2 Å². The Labute approximate surface area is 214 Å². The molecule has 5 rings (SSSR count). The Bertz CT molecular complexity index is 1330. The lowest BCUT2D eigenvalue weighted by molar-refractivity contribution is -0.383. The summed E-state index contributed by atoms with van der Waals surface area (Å²) >= 11 is 0. The van der Waals surface area contributed by atoms with E-state index in [4.69, 9.17) is 13.9 Å². The van der Waals surface area contributed by atoms with Gasteiger partial charge in [0, 0.05) is 44.1 Å². The molecule has 1 aliphatic heterocycles. The van der Waals surface area contributed by atoms with Crippen LogP contribution >= 0.6 is 0 Å². The van der Waals surface area contributed by atoms with E-state index in [9.17, 15) is 10.1 Å². The molecule has 0 spiro atoms. The highest BCUT2D eigenvalue weighted by Crippen LogP contribution is 2.36. The number of para-hydroxylation sites is 1. The minimum atomic E-state index is -0.438. The first-order valence-corrected chi connectivity index (χ1v) is 12.6. The molecule has 194 valence electrons. The normalized spacial score (nSPS) is 14.6. The Kier molecular flexibility index (Phi) is 7.27. The molecular weight excluding hydrogens is 474 g/mol. The number of nitro groups is 1. The lowest BCUT2D eigenvalue weighted by atomic mass is 10.0. The molecule has 2 aromatic heterocycles. The number of anilines is 1. The quantitative estimate of drug-likeness (QED) is 0.225. The van der Waals surface area contributed by atoms with E-state index in [1.165, 1.54) is 6.07 Å². The van der Waals surface area contributed by atoms with Crippen molar-refractivity contribution >= 4 is 22.8 Å². The first-order valence-electron chi connectivity index (χ1n) is 12.6. The zero-order chi connectivity index (χ0) is 25.8. The summed E-state index contributed by atoms with van der Waals surface area (Å²) < 4.78 is 19.8. The SMILES string of the molecule is CCOc1cc(CN2CCC(Nc3nc4c([N+](=O)[O-])cccc4o3)CC2)cc(OCC)c1-n1cccc1. The molecule has 2 aromatic carbocycles. The maximum atomic E-state index is 11.3. The van der Waals surface area contributed by atoms with Crippen molar-refractivity contribution in [3.05, 3.63) is 70.5 Å². The summed E-state index contributed by atoms with van der Waals surface area (Å²) in [6, 6.07) is 13.4. The molecule has 0 unspecified atom stereocenters. The van der Waals surface area contributed by atoms with Gasteiger partial charge in [0.15, 0.2) is 11.1 Å². The highest BCUT2D eigenvalue weighted by Gasteiger charge is 2.24. The van der Waals surface area contributed by atoms with Gasteiger partial charge in [0.25, 0.3) is 11.7 Å². The van der Waals surface area contributed by atoms with Crippen LogP contribution in [0.2, 0.25) is 0 Å². The third-order valence-electron chi connectivity index (χ3n) is 6.48. The van der Waals surface area contributed by atoms with Crippen LogP contribution in [0.5, 0.6) is 11.5 Å². The molecule has 0 amide bonds. The van der Waals surface area contributed by atoms with Crippen LogP contribution in [0.15, 0.2) is 59.3 Å². The highest BCUT2D eigenvalue weighted by molar-refractivity contribution is 5.84. The summed E-state index contributed by atoms with van der Waals surface area (Å²) in [5, 5.41) is 14.6. The van der Waals surface area contributed by atoms with E-state index in [2.05, 4.69) is 27.3 Å². The van der Waals surface area contributed by atoms with Crippen LogP contribution in [0.3, 0.4) is 0 Å². The summed E-state index contributed by atoms with van der Waals surface area (Å²) in [6.45, 7) is 7.68. The topological polar surface area (TPSA) is 108 Å². The molecule has 0 radical (unpaired) electrons. The Balaban J connectivity index is 1.26. The summed E-state index contributed by atoms with van der Waals surface area (Å²) in [5.74, 6) is 1.61. The van der Waals surface area contributed by atoms with Gasteiger partial charge >= 0.3 is 0 Å². The number of nitrogens with zero attached hydrogens (tertiary/aromatic N) is 4. The van der Waals surface area contributed by atoms with E-state index in [1.54, 1.807) is 12.1 Å². The number of aromatic nitrogens is 2. The van der Waals surface area contributed by atoms with Gasteiger partial charge in [-0.3, -0.25) is 15.0 Å². The molecule has 1 saturated heterocycles. The number of ether oxygens (including phenoxy) is 2. The largest absolute Gasteiger partial charge is 0.492 e. The summed E-state index contributed by atoms with van der Waals surface area (Å²) in [6.07, 6.45) is 5.79. The van der Waals surface area contributed by atoms with Crippen LogP contribution in [0, 0.1) is 10.1 Å². The predicted molar refractivity (Wildman–Crippen MR) is 141 cm³/mol. The van der Waals surface area contributed by atoms with E-state index in [1.807, 2.05) is 42.9 Å². The maximum Gasteiger partial charge on any atom is 0.298 e. The van der Waals surface area contributed by atoms with Crippen molar-refractivity contribution in [1.82, 2.24) is 14.5 Å². The molecule has 4 aromatic rings. The van der Waals surface area contributed by atoms with Crippen molar-refractivity contribution in [1.29, 1.82) is 0 Å². The van der Waals surface area contributed by atoms with Crippen molar-refractivity contribution in [3.63, 3.8) is 0 Å². The van der Waals surface area contributed by atoms with Gasteiger partial charge in [-0.05, 0) is 62.6 Å². The van der Waals surface area contributed by atoms with Gasteiger partial charge in [0.05, 0.1) is 18.1 Å². The van der Waals surface area contributed by atoms with Crippen molar-refractivity contribution in [2.75, 3.05) is 31.6 Å². The number of piperidine rings is 1. The smallest absolute Gasteiger partial charge is 0.298 e. The average Bonchev–Trinajstić information content (AvgIpc) is 3.55. The number of likely N-dealkylation sites (tertiary alicyclic amines) is 1. The molecule has 0 atom stereocenters. The number of hydrogen-bond acceptors (Lipinski definition) is 8. The lowest BCUT2D eigenvalue weighted by Crippen LogP contribution is -2.38. The Hall–Kier alpha value is -4.05. The van der Waals surface area contributed by atoms with Crippen LogP contribution in [0.4, 0.5) is 11.7 Å². The van der Waals surface area contributed by atoms with Crippen LogP contribution in [0.1, 0.15) is 32.3 Å². The average molecular weight is 506 g/mol. The van der Waals surface area contributed by atoms with Crippen molar-refractivity contribution < 1.29 is 18.8 Å². The summed E-state index contributed by atoms with van der Waals surface area (Å²) in [7, 11) is 0. The van der Waals surface area contributed by atoms with Gasteiger partial charge in [-0.15, -0.1) is 0 Å². The van der Waals surface area contributed by atoms with Crippen LogP contribution < -0.4 is 14.8 Å². The Morgan fingerprint density at radius 1 is 1.08 bits per heavy atom. The summed E-state index contributed by atoms with van der Waals surface area (Å²) in [4.78, 5) is 17.6. The van der Waals surface area contributed by atoms with Crippen molar-refractivity contribution in [3.8, 4) is 17.2 Å². The van der Waals surface area contributed by atoms with E-state index >= 15 is 0 Å². The predicted octanol–water partition coefficient (Wildman–Crippen LogP) is 5.40. The monoisotopic (exact) mass is 505 g/mol. The van der Waals surface area contributed by atoms with Crippen LogP contribution in [-0.2, 0) is 6.54 Å². The molecule has 1 N–H and O–H groups in total. The second-order valence-corrected chi connectivity index (χ2v) is 8.99. The van der Waals surface area contributed by atoms with Crippen molar-refractivity contribution in [2.24, 2.45) is 0 Å². The fraction of sp³-hybridized carbons (Fsp3) is 0.370. The molecule has 0 aliphatic carbocycles. The second-order valence-electron chi connectivity index (χ2n) is 8.99. The zero-order valence-corrected chi connectivity index (χ0v) is 21.1. The number of oxazole rings is 1. The number of nitrogens with one attached hydrogen (secondary N) is 1. The lowest BCUT2D eigenvalue weighted by Gasteiger charge is -2.32. The molecule has 1 fully saturated rings. The van der Waals surface area contributed by atoms with Gasteiger partial charge in [0.2, 0.25) is 0 Å². The van der Waals surface area contributed by atoms with Gasteiger partial charge < -0.3 is 23.8 Å². The standard InChI is InChI=1S/C27H31N5O5/c1-3-35-23-16-19(17-24(36-4-2)26(23)31-12-5-6-13-31)18-30-14-10-20(11-15-30)28-27-29-25-21(32(33)34)8-7-9-22(25)37-27/h5-9,12-13,16-17,20H,3-4,10-11,14-15,18H2,1-2H3,(H,28,29). The first-order chi connectivity index (χ1) is 18.1. The minimum Gasteiger partial charge on any atom is -0.492 e. The number of hydrogen-bond donors (Lipinski definition) is 1. The number of fused-ring (bicyclic) bond motifs is 1. The summed E-state index contributed by atoms with van der Waals surface area (Å²) in [5.41, 5.74) is 2.68. The van der Waals surface area contributed by atoms with Gasteiger partial charge in [-0.2, -0.15) is 4.98 Å². The molecule has 1 aliphatic rings. The van der Waals surface area contributed by atoms with E-state index in [-0.39, 0.29) is 17.2 Å². The zero-order valence-electron chi connectivity index (χ0n) is 21.1. The fourth-order valence-corrected chi connectivity index (χ4v) is 4.81. The van der Waals surface area contributed by atoms with Crippen LogP contribution in [0.25, 0.3) is 16.8 Å². The second kappa shape index (κ2) is 10.9. The number of benzene rings is 2. The van der Waals surface area contributed by atoms with E-state index in [0.29, 0.717) is 24.8 Å². The van der Waals surface area contributed by atoms with Gasteiger partial charge in [-0.1, -0.05) is 6.07 Å². The number of nitro benzene ring substituents is 1. The third-order valence-corrected chi connectivity index (χ3v) is 6.48. The molecule has 10 heteroatoms. The first kappa shape index (κ1) is 24.6. The third kappa shape index (κ3) is 5.39. The molecule has 0 bridgehead atoms. The Morgan fingerprint density at radius 3 is 2.38 bits per heavy atom. The van der Waals surface area contributed by atoms with Gasteiger partial charge in [0.1, 0.15) is 17.2 Å².